The summed E-state index contributed by atoms with van der Waals surface area (Å²) in [5, 5.41) is 4.29. The average Bonchev–Trinajstić information content (AvgIpc) is 2.98. The van der Waals surface area contributed by atoms with E-state index in [0.29, 0.717) is 6.04 Å². The molecule has 1 aromatic rings. The fourth-order valence-electron chi connectivity index (χ4n) is 1.69. The summed E-state index contributed by atoms with van der Waals surface area (Å²) in [6.07, 6.45) is 2.67. The molecule has 1 N–H and O–H groups in total. The molecule has 1 fully saturated rings. The minimum Gasteiger partial charge on any atom is -0.310 e. The van der Waals surface area contributed by atoms with Crippen LogP contribution in [0, 0.1) is 0 Å². The van der Waals surface area contributed by atoms with Crippen molar-refractivity contribution in [2.75, 3.05) is 0 Å². The summed E-state index contributed by atoms with van der Waals surface area (Å²) >= 11 is 6.24. The first kappa shape index (κ1) is 11.0. The van der Waals surface area contributed by atoms with E-state index >= 15 is 0 Å². The van der Waals surface area contributed by atoms with Gasteiger partial charge in [-0.25, -0.2) is 0 Å². The first-order valence-corrected chi connectivity index (χ1v) is 6.06. The van der Waals surface area contributed by atoms with Crippen molar-refractivity contribution >= 4 is 11.6 Å². The molecule has 0 saturated heterocycles. The van der Waals surface area contributed by atoms with Crippen LogP contribution in [0.4, 0.5) is 0 Å². The third-order valence-electron chi connectivity index (χ3n) is 2.83. The maximum atomic E-state index is 6.24. The fourth-order valence-corrected chi connectivity index (χ4v) is 1.95. The molecule has 1 aliphatic rings. The first-order valence-electron chi connectivity index (χ1n) is 5.68. The van der Waals surface area contributed by atoms with Crippen molar-refractivity contribution < 1.29 is 0 Å². The van der Waals surface area contributed by atoms with Crippen LogP contribution >= 0.6 is 11.6 Å². The molecule has 0 amide bonds. The Bertz CT molecular complexity index is 342. The molecule has 2 heteroatoms. The molecule has 0 heterocycles. The molecular formula is C13H18ClN. The van der Waals surface area contributed by atoms with Crippen LogP contribution in [0.3, 0.4) is 0 Å². The lowest BCUT2D eigenvalue weighted by Gasteiger charge is -2.10. The minimum absolute atomic E-state index is 0.504. The molecule has 82 valence electrons. The van der Waals surface area contributed by atoms with Gasteiger partial charge in [0, 0.05) is 17.6 Å². The van der Waals surface area contributed by atoms with Gasteiger partial charge in [-0.1, -0.05) is 37.6 Å². The van der Waals surface area contributed by atoms with E-state index in [4.69, 9.17) is 11.6 Å². The number of nitrogens with one attached hydrogen (secondary N) is 1. The van der Waals surface area contributed by atoms with E-state index < -0.39 is 0 Å². The van der Waals surface area contributed by atoms with E-state index in [1.54, 1.807) is 0 Å². The van der Waals surface area contributed by atoms with Gasteiger partial charge in [0.1, 0.15) is 0 Å². The Morgan fingerprint density at radius 2 is 2.13 bits per heavy atom. The lowest BCUT2D eigenvalue weighted by Crippen LogP contribution is -2.21. The first-order chi connectivity index (χ1) is 7.16. The summed E-state index contributed by atoms with van der Waals surface area (Å²) in [6.45, 7) is 5.15. The Labute approximate surface area is 96.8 Å². The second-order valence-corrected chi connectivity index (χ2v) is 5.07. The molecular weight excluding hydrogens is 206 g/mol. The van der Waals surface area contributed by atoms with Crippen LogP contribution in [0.2, 0.25) is 5.02 Å². The largest absolute Gasteiger partial charge is 0.310 e. The molecule has 15 heavy (non-hydrogen) atoms. The predicted molar refractivity (Wildman–Crippen MR) is 65.4 cm³/mol. The van der Waals surface area contributed by atoms with Gasteiger partial charge < -0.3 is 5.32 Å². The Hall–Kier alpha value is -0.530. The van der Waals surface area contributed by atoms with Gasteiger partial charge in [0.25, 0.3) is 0 Å². The summed E-state index contributed by atoms with van der Waals surface area (Å²) in [6, 6.07) is 7.02. The van der Waals surface area contributed by atoms with Crippen LogP contribution in [-0.2, 0) is 6.54 Å². The molecule has 0 aromatic heterocycles. The van der Waals surface area contributed by atoms with Gasteiger partial charge in [-0.3, -0.25) is 0 Å². The maximum Gasteiger partial charge on any atom is 0.0453 e. The Morgan fingerprint density at radius 3 is 2.67 bits per heavy atom. The van der Waals surface area contributed by atoms with Crippen molar-refractivity contribution in [3.8, 4) is 0 Å². The lowest BCUT2D eigenvalue weighted by atomic mass is 10.1. The van der Waals surface area contributed by atoms with Crippen LogP contribution in [0.15, 0.2) is 18.2 Å². The zero-order chi connectivity index (χ0) is 10.8. The van der Waals surface area contributed by atoms with E-state index in [0.717, 1.165) is 17.5 Å². The molecule has 1 nitrogen and oxygen atoms in total. The molecule has 1 saturated carbocycles. The molecule has 1 aliphatic carbocycles. The molecule has 0 unspecified atom stereocenters. The summed E-state index contributed by atoms with van der Waals surface area (Å²) in [4.78, 5) is 0. The van der Waals surface area contributed by atoms with Gasteiger partial charge in [0.15, 0.2) is 0 Å². The van der Waals surface area contributed by atoms with Crippen molar-refractivity contribution in [3.63, 3.8) is 0 Å². The molecule has 1 aromatic carbocycles. The van der Waals surface area contributed by atoms with E-state index in [1.165, 1.54) is 24.0 Å². The Morgan fingerprint density at radius 1 is 1.40 bits per heavy atom. The molecule has 0 aliphatic heterocycles. The number of rotatable bonds is 4. The van der Waals surface area contributed by atoms with E-state index in [2.05, 4.69) is 37.4 Å². The van der Waals surface area contributed by atoms with Crippen molar-refractivity contribution in [3.05, 3.63) is 34.3 Å². The van der Waals surface area contributed by atoms with Crippen molar-refractivity contribution in [1.82, 2.24) is 5.32 Å². The number of benzene rings is 1. The second kappa shape index (κ2) is 4.54. The summed E-state index contributed by atoms with van der Waals surface area (Å²) in [7, 11) is 0. The molecule has 0 spiro atoms. The highest BCUT2D eigenvalue weighted by Crippen LogP contribution is 2.41. The van der Waals surface area contributed by atoms with Crippen LogP contribution in [0.5, 0.6) is 0 Å². The van der Waals surface area contributed by atoms with Crippen LogP contribution < -0.4 is 5.32 Å². The van der Waals surface area contributed by atoms with Gasteiger partial charge in [-0.2, -0.15) is 0 Å². The van der Waals surface area contributed by atoms with Gasteiger partial charge in [0.2, 0.25) is 0 Å². The summed E-state index contributed by atoms with van der Waals surface area (Å²) in [5.41, 5.74) is 2.61. The van der Waals surface area contributed by atoms with Crippen LogP contribution in [0.25, 0.3) is 0 Å². The zero-order valence-electron chi connectivity index (χ0n) is 9.39. The number of hydrogen-bond donors (Lipinski definition) is 1. The van der Waals surface area contributed by atoms with Gasteiger partial charge in [-0.05, 0) is 36.0 Å². The molecule has 0 atom stereocenters. The minimum atomic E-state index is 0.504. The summed E-state index contributed by atoms with van der Waals surface area (Å²) < 4.78 is 0. The van der Waals surface area contributed by atoms with Crippen molar-refractivity contribution in [1.29, 1.82) is 0 Å². The SMILES string of the molecule is CC(C)NCc1ccc(C2CC2)cc1Cl. The molecule has 0 radical (unpaired) electrons. The smallest absolute Gasteiger partial charge is 0.0453 e. The second-order valence-electron chi connectivity index (χ2n) is 4.66. The van der Waals surface area contributed by atoms with Crippen molar-refractivity contribution in [2.24, 2.45) is 0 Å². The highest BCUT2D eigenvalue weighted by atomic mass is 35.5. The van der Waals surface area contributed by atoms with Crippen LogP contribution in [0.1, 0.15) is 43.7 Å². The highest BCUT2D eigenvalue weighted by Gasteiger charge is 2.23. The zero-order valence-corrected chi connectivity index (χ0v) is 10.1. The summed E-state index contributed by atoms with van der Waals surface area (Å²) in [5.74, 6) is 0.787. The highest BCUT2D eigenvalue weighted by molar-refractivity contribution is 6.31. The quantitative estimate of drug-likeness (QED) is 0.821. The maximum absolute atomic E-state index is 6.24. The topological polar surface area (TPSA) is 12.0 Å². The Kier molecular flexibility index (Phi) is 3.32. The van der Waals surface area contributed by atoms with E-state index in [-0.39, 0.29) is 0 Å². The third-order valence-corrected chi connectivity index (χ3v) is 3.18. The van der Waals surface area contributed by atoms with E-state index in [9.17, 15) is 0 Å². The average molecular weight is 224 g/mol. The fraction of sp³-hybridized carbons (Fsp3) is 0.538. The predicted octanol–water partition coefficient (Wildman–Crippen LogP) is 3.72. The molecule has 2 rings (SSSR count). The number of halogens is 1. The van der Waals surface area contributed by atoms with Gasteiger partial charge >= 0.3 is 0 Å². The standard InChI is InChI=1S/C13H18ClN/c1-9(2)15-8-12-6-5-11(7-13(12)14)10-3-4-10/h5-7,9-10,15H,3-4,8H2,1-2H3. The number of hydrogen-bond acceptors (Lipinski definition) is 1. The monoisotopic (exact) mass is 223 g/mol. The van der Waals surface area contributed by atoms with Gasteiger partial charge in [0.05, 0.1) is 0 Å². The Balaban J connectivity index is 2.05. The lowest BCUT2D eigenvalue weighted by molar-refractivity contribution is 0.589. The van der Waals surface area contributed by atoms with E-state index in [1.807, 2.05) is 0 Å². The van der Waals surface area contributed by atoms with Crippen molar-refractivity contribution in [2.45, 2.75) is 45.2 Å². The third kappa shape index (κ3) is 2.96. The molecule has 0 bridgehead atoms. The van der Waals surface area contributed by atoms with Crippen LogP contribution in [-0.4, -0.2) is 6.04 Å². The normalized spacial score (nSPS) is 16.0. The van der Waals surface area contributed by atoms with Gasteiger partial charge in [-0.15, -0.1) is 0 Å².